The molecule has 0 aliphatic heterocycles. The van der Waals surface area contributed by atoms with Crippen molar-refractivity contribution in [2.45, 2.75) is 44.9 Å². The lowest BCUT2D eigenvalue weighted by atomic mass is 10.0. The first-order valence-electron chi connectivity index (χ1n) is 8.05. The van der Waals surface area contributed by atoms with Crippen LogP contribution in [0.1, 0.15) is 49.2 Å². The van der Waals surface area contributed by atoms with E-state index in [4.69, 9.17) is 0 Å². The third-order valence-electron chi connectivity index (χ3n) is 3.63. The zero-order valence-corrected chi connectivity index (χ0v) is 15.1. The predicted molar refractivity (Wildman–Crippen MR) is 96.2 cm³/mol. The largest absolute Gasteiger partial charge is 0.350 e. The fourth-order valence-electron chi connectivity index (χ4n) is 2.41. The molecule has 128 valence electrons. The summed E-state index contributed by atoms with van der Waals surface area (Å²) in [5.74, 6) is 0.368. The van der Waals surface area contributed by atoms with Gasteiger partial charge in [-0.15, -0.1) is 0 Å². The number of carbonyl (C=O) groups excluding carboxylic acids is 2. The van der Waals surface area contributed by atoms with Crippen molar-refractivity contribution in [3.63, 3.8) is 0 Å². The maximum Gasteiger partial charge on any atom is 0.217 e. The van der Waals surface area contributed by atoms with E-state index in [1.807, 2.05) is 37.4 Å². The molecule has 1 aromatic heterocycles. The number of rotatable bonds is 8. The number of hydrogen-bond donors (Lipinski definition) is 1. The Morgan fingerprint density at radius 1 is 1.29 bits per heavy atom. The minimum Gasteiger partial charge on any atom is -0.350 e. The molecule has 6 heteroatoms. The van der Waals surface area contributed by atoms with E-state index >= 15 is 0 Å². The monoisotopic (exact) mass is 345 g/mol. The number of aromatic nitrogens is 2. The summed E-state index contributed by atoms with van der Waals surface area (Å²) in [6, 6.07) is 7.33. The molecule has 0 fully saturated rings. The Kier molecular flexibility index (Phi) is 6.61. The highest BCUT2D eigenvalue weighted by Gasteiger charge is 2.11. The molecule has 0 aliphatic rings. The van der Waals surface area contributed by atoms with E-state index < -0.39 is 0 Å². The van der Waals surface area contributed by atoms with Crippen LogP contribution in [0.3, 0.4) is 0 Å². The van der Waals surface area contributed by atoms with Crippen molar-refractivity contribution in [3.8, 4) is 0 Å². The van der Waals surface area contributed by atoms with Gasteiger partial charge in [0.05, 0.1) is 11.8 Å². The van der Waals surface area contributed by atoms with E-state index in [1.165, 1.54) is 18.7 Å². The maximum atomic E-state index is 12.3. The summed E-state index contributed by atoms with van der Waals surface area (Å²) in [5.41, 5.74) is 1.66. The standard InChI is InChI=1S/C18H23N3O2S/c1-4-10-21-11-9-19-18(21)24-12-17(23)16-7-5-15(6-8-16)13(2)20-14(3)22/h5-9,11,13H,4,10,12H2,1-3H3,(H,20,22). The average molecular weight is 345 g/mol. The van der Waals surface area contributed by atoms with Crippen molar-refractivity contribution in [3.05, 3.63) is 47.8 Å². The number of thioether (sulfide) groups is 1. The number of carbonyl (C=O) groups is 2. The molecule has 0 saturated heterocycles. The Balaban J connectivity index is 1.95. The van der Waals surface area contributed by atoms with Gasteiger partial charge in [-0.05, 0) is 18.9 Å². The van der Waals surface area contributed by atoms with Crippen molar-refractivity contribution in [2.75, 3.05) is 5.75 Å². The number of nitrogens with zero attached hydrogens (tertiary/aromatic N) is 2. The number of imidazole rings is 1. The van der Waals surface area contributed by atoms with Gasteiger partial charge in [-0.25, -0.2) is 4.98 Å². The molecule has 1 atom stereocenters. The number of hydrogen-bond acceptors (Lipinski definition) is 4. The van der Waals surface area contributed by atoms with Gasteiger partial charge in [0.1, 0.15) is 0 Å². The summed E-state index contributed by atoms with van der Waals surface area (Å²) in [6.45, 7) is 6.44. The lowest BCUT2D eigenvalue weighted by Crippen LogP contribution is -2.23. The number of benzene rings is 1. The van der Waals surface area contributed by atoms with Crippen molar-refractivity contribution in [1.82, 2.24) is 14.9 Å². The minimum absolute atomic E-state index is 0.0671. The number of aryl methyl sites for hydroxylation is 1. The molecule has 1 heterocycles. The van der Waals surface area contributed by atoms with E-state index in [0.29, 0.717) is 11.3 Å². The van der Waals surface area contributed by atoms with Crippen LogP contribution in [0, 0.1) is 0 Å². The quantitative estimate of drug-likeness (QED) is 0.588. The summed E-state index contributed by atoms with van der Waals surface area (Å²) in [4.78, 5) is 27.7. The topological polar surface area (TPSA) is 64.0 Å². The van der Waals surface area contributed by atoms with Crippen LogP contribution in [0.2, 0.25) is 0 Å². The summed E-state index contributed by atoms with van der Waals surface area (Å²) < 4.78 is 2.07. The maximum absolute atomic E-state index is 12.3. The zero-order chi connectivity index (χ0) is 17.5. The molecule has 0 spiro atoms. The number of nitrogens with one attached hydrogen (secondary N) is 1. The lowest BCUT2D eigenvalue weighted by molar-refractivity contribution is -0.119. The Labute approximate surface area is 146 Å². The van der Waals surface area contributed by atoms with Crippen LogP contribution >= 0.6 is 11.8 Å². The minimum atomic E-state index is -0.0679. The van der Waals surface area contributed by atoms with Gasteiger partial charge in [-0.2, -0.15) is 0 Å². The Hall–Kier alpha value is -2.08. The molecule has 0 aliphatic carbocycles. The van der Waals surface area contributed by atoms with Gasteiger partial charge in [0.15, 0.2) is 10.9 Å². The molecular formula is C18H23N3O2S. The smallest absolute Gasteiger partial charge is 0.217 e. The zero-order valence-electron chi connectivity index (χ0n) is 14.3. The summed E-state index contributed by atoms with van der Waals surface area (Å²) in [7, 11) is 0. The fourth-order valence-corrected chi connectivity index (χ4v) is 3.29. The van der Waals surface area contributed by atoms with E-state index in [2.05, 4.69) is 21.8 Å². The molecule has 0 bridgehead atoms. The molecule has 1 aromatic carbocycles. The molecular weight excluding hydrogens is 322 g/mol. The van der Waals surface area contributed by atoms with Gasteiger partial charge in [-0.1, -0.05) is 43.0 Å². The molecule has 1 N–H and O–H groups in total. The highest BCUT2D eigenvalue weighted by atomic mass is 32.2. The van der Waals surface area contributed by atoms with Gasteiger partial charge in [0.25, 0.3) is 0 Å². The van der Waals surface area contributed by atoms with Crippen molar-refractivity contribution >= 4 is 23.5 Å². The first-order chi connectivity index (χ1) is 11.5. The van der Waals surface area contributed by atoms with E-state index in [1.54, 1.807) is 6.20 Å². The van der Waals surface area contributed by atoms with Gasteiger partial charge in [-0.3, -0.25) is 9.59 Å². The second kappa shape index (κ2) is 8.68. The molecule has 0 radical (unpaired) electrons. The summed E-state index contributed by atoms with van der Waals surface area (Å²) in [6.07, 6.45) is 4.74. The van der Waals surface area contributed by atoms with E-state index in [9.17, 15) is 9.59 Å². The van der Waals surface area contributed by atoms with Crippen molar-refractivity contribution < 1.29 is 9.59 Å². The highest BCUT2D eigenvalue weighted by Crippen LogP contribution is 2.19. The van der Waals surface area contributed by atoms with Crippen LogP contribution in [-0.2, 0) is 11.3 Å². The Morgan fingerprint density at radius 3 is 2.62 bits per heavy atom. The van der Waals surface area contributed by atoms with Crippen molar-refractivity contribution in [2.24, 2.45) is 0 Å². The number of amides is 1. The molecule has 2 aromatic rings. The van der Waals surface area contributed by atoms with Gasteiger partial charge < -0.3 is 9.88 Å². The SMILES string of the molecule is CCCn1ccnc1SCC(=O)c1ccc(C(C)NC(C)=O)cc1. The van der Waals surface area contributed by atoms with E-state index in [-0.39, 0.29) is 17.7 Å². The molecule has 24 heavy (non-hydrogen) atoms. The Bertz CT molecular complexity index is 695. The second-order valence-electron chi connectivity index (χ2n) is 5.66. The van der Waals surface area contributed by atoms with E-state index in [0.717, 1.165) is 23.7 Å². The molecule has 5 nitrogen and oxygen atoms in total. The van der Waals surface area contributed by atoms with Crippen LogP contribution in [0.4, 0.5) is 0 Å². The molecule has 1 unspecified atom stereocenters. The van der Waals surface area contributed by atoms with Gasteiger partial charge in [0, 0.05) is 31.4 Å². The second-order valence-corrected chi connectivity index (χ2v) is 6.60. The summed E-state index contributed by atoms with van der Waals surface area (Å²) in [5, 5.41) is 3.71. The van der Waals surface area contributed by atoms with Gasteiger partial charge in [0.2, 0.25) is 5.91 Å². The van der Waals surface area contributed by atoms with Gasteiger partial charge >= 0.3 is 0 Å². The third-order valence-corrected chi connectivity index (χ3v) is 4.63. The first-order valence-corrected chi connectivity index (χ1v) is 9.04. The Morgan fingerprint density at radius 2 is 2.00 bits per heavy atom. The summed E-state index contributed by atoms with van der Waals surface area (Å²) >= 11 is 1.46. The molecule has 2 rings (SSSR count). The average Bonchev–Trinajstić information content (AvgIpc) is 3.00. The molecule has 1 amide bonds. The van der Waals surface area contributed by atoms with Crippen LogP contribution < -0.4 is 5.32 Å². The predicted octanol–water partition coefficient (Wildman–Crippen LogP) is 3.47. The van der Waals surface area contributed by atoms with Crippen molar-refractivity contribution in [1.29, 1.82) is 0 Å². The third kappa shape index (κ3) is 4.96. The number of ketones is 1. The van der Waals surface area contributed by atoms with Crippen LogP contribution in [-0.4, -0.2) is 27.0 Å². The van der Waals surface area contributed by atoms with Crippen LogP contribution in [0.25, 0.3) is 0 Å². The fraction of sp³-hybridized carbons (Fsp3) is 0.389. The first kappa shape index (κ1) is 18.3. The lowest BCUT2D eigenvalue weighted by Gasteiger charge is -2.13. The van der Waals surface area contributed by atoms with Crippen LogP contribution in [0.15, 0.2) is 41.8 Å². The molecule has 0 saturated carbocycles. The number of Topliss-reactive ketones (excluding diaryl/α,β-unsaturated/α-hetero) is 1. The highest BCUT2D eigenvalue weighted by molar-refractivity contribution is 7.99. The van der Waals surface area contributed by atoms with Crippen LogP contribution in [0.5, 0.6) is 0 Å². The normalized spacial score (nSPS) is 12.0.